The highest BCUT2D eigenvalue weighted by Gasteiger charge is 2.38. The molecule has 0 bridgehead atoms. The number of ether oxygens (including phenoxy) is 2. The second kappa shape index (κ2) is 5.47. The minimum absolute atomic E-state index is 0.0851. The summed E-state index contributed by atoms with van der Waals surface area (Å²) in [7, 11) is 1.80. The molecule has 2 aliphatic rings. The van der Waals surface area contributed by atoms with Crippen LogP contribution in [0, 0.1) is 5.41 Å². The predicted octanol–water partition coefficient (Wildman–Crippen LogP) is 1.91. The standard InChI is InChI=1S/C13H25NO2S/c1-12(2)5-7-17-8-11(12)14-9-13(15-3)4-6-16-10-13/h11,14H,4-10H2,1-3H3. The van der Waals surface area contributed by atoms with Gasteiger partial charge in [0.25, 0.3) is 0 Å². The lowest BCUT2D eigenvalue weighted by Crippen LogP contribution is -2.53. The lowest BCUT2D eigenvalue weighted by molar-refractivity contribution is -0.0197. The summed E-state index contributed by atoms with van der Waals surface area (Å²) in [5.74, 6) is 2.51. The van der Waals surface area contributed by atoms with Crippen LogP contribution < -0.4 is 5.32 Å². The first kappa shape index (κ1) is 13.7. The molecule has 0 aliphatic carbocycles. The Morgan fingerprint density at radius 1 is 1.41 bits per heavy atom. The molecule has 0 aromatic carbocycles. The summed E-state index contributed by atoms with van der Waals surface area (Å²) in [5.41, 5.74) is 0.317. The third kappa shape index (κ3) is 3.16. The monoisotopic (exact) mass is 259 g/mol. The van der Waals surface area contributed by atoms with Crippen LogP contribution in [-0.4, -0.2) is 50.0 Å². The van der Waals surface area contributed by atoms with Crippen molar-refractivity contribution < 1.29 is 9.47 Å². The molecule has 100 valence electrons. The van der Waals surface area contributed by atoms with Crippen molar-refractivity contribution in [2.75, 3.05) is 38.4 Å². The summed E-state index contributed by atoms with van der Waals surface area (Å²) in [6.45, 7) is 7.22. The van der Waals surface area contributed by atoms with Gasteiger partial charge in [0.05, 0.1) is 6.61 Å². The van der Waals surface area contributed by atoms with Gasteiger partial charge in [-0.15, -0.1) is 0 Å². The Morgan fingerprint density at radius 3 is 2.82 bits per heavy atom. The fourth-order valence-electron chi connectivity index (χ4n) is 2.54. The van der Waals surface area contributed by atoms with Gasteiger partial charge in [0, 0.05) is 38.5 Å². The van der Waals surface area contributed by atoms with Crippen LogP contribution in [0.2, 0.25) is 0 Å². The van der Waals surface area contributed by atoms with Crippen molar-refractivity contribution in [2.45, 2.75) is 38.3 Å². The molecule has 2 rings (SSSR count). The molecule has 2 aliphatic heterocycles. The Bertz CT molecular complexity index is 252. The molecule has 2 fully saturated rings. The highest BCUT2D eigenvalue weighted by atomic mass is 32.2. The van der Waals surface area contributed by atoms with Crippen LogP contribution in [0.25, 0.3) is 0 Å². The molecule has 2 heterocycles. The maximum absolute atomic E-state index is 5.66. The summed E-state index contributed by atoms with van der Waals surface area (Å²) < 4.78 is 11.1. The van der Waals surface area contributed by atoms with E-state index >= 15 is 0 Å². The van der Waals surface area contributed by atoms with E-state index in [1.807, 2.05) is 0 Å². The van der Waals surface area contributed by atoms with Gasteiger partial charge < -0.3 is 14.8 Å². The second-order valence-corrected chi connectivity index (χ2v) is 7.09. The molecule has 17 heavy (non-hydrogen) atoms. The highest BCUT2D eigenvalue weighted by molar-refractivity contribution is 7.99. The zero-order valence-corrected chi connectivity index (χ0v) is 12.1. The second-order valence-electron chi connectivity index (χ2n) is 5.94. The van der Waals surface area contributed by atoms with E-state index in [2.05, 4.69) is 30.9 Å². The maximum Gasteiger partial charge on any atom is 0.106 e. The van der Waals surface area contributed by atoms with Gasteiger partial charge in [-0.25, -0.2) is 0 Å². The van der Waals surface area contributed by atoms with Crippen molar-refractivity contribution in [3.63, 3.8) is 0 Å². The molecule has 2 unspecified atom stereocenters. The van der Waals surface area contributed by atoms with Crippen molar-refractivity contribution in [2.24, 2.45) is 5.41 Å². The number of thioether (sulfide) groups is 1. The first-order valence-electron chi connectivity index (χ1n) is 6.52. The summed E-state index contributed by atoms with van der Waals surface area (Å²) in [4.78, 5) is 0. The predicted molar refractivity (Wildman–Crippen MR) is 72.7 cm³/mol. The highest BCUT2D eigenvalue weighted by Crippen LogP contribution is 2.34. The van der Waals surface area contributed by atoms with Gasteiger partial charge in [0.15, 0.2) is 0 Å². The lowest BCUT2D eigenvalue weighted by Gasteiger charge is -2.40. The third-order valence-electron chi connectivity index (χ3n) is 4.29. The number of rotatable bonds is 4. The Morgan fingerprint density at radius 2 is 2.24 bits per heavy atom. The molecule has 0 aromatic rings. The van der Waals surface area contributed by atoms with Gasteiger partial charge >= 0.3 is 0 Å². The Kier molecular flexibility index (Phi) is 4.40. The topological polar surface area (TPSA) is 30.5 Å². The van der Waals surface area contributed by atoms with E-state index in [0.29, 0.717) is 11.5 Å². The fourth-order valence-corrected chi connectivity index (χ4v) is 4.18. The third-order valence-corrected chi connectivity index (χ3v) is 5.35. The van der Waals surface area contributed by atoms with Gasteiger partial charge in [0.1, 0.15) is 5.60 Å². The molecule has 3 nitrogen and oxygen atoms in total. The van der Waals surface area contributed by atoms with Gasteiger partial charge in [0.2, 0.25) is 0 Å². The molecule has 0 saturated carbocycles. The molecule has 0 aromatic heterocycles. The van der Waals surface area contributed by atoms with E-state index in [0.717, 1.165) is 26.2 Å². The molecule has 4 heteroatoms. The van der Waals surface area contributed by atoms with Crippen LogP contribution in [0.1, 0.15) is 26.7 Å². The van der Waals surface area contributed by atoms with Gasteiger partial charge in [-0.1, -0.05) is 13.8 Å². The summed E-state index contributed by atoms with van der Waals surface area (Å²) in [6.07, 6.45) is 2.31. The molecule has 2 atom stereocenters. The largest absolute Gasteiger partial charge is 0.378 e. The maximum atomic E-state index is 5.66. The van der Waals surface area contributed by atoms with E-state index in [1.165, 1.54) is 17.9 Å². The first-order chi connectivity index (χ1) is 8.08. The van der Waals surface area contributed by atoms with Crippen molar-refractivity contribution in [3.05, 3.63) is 0 Å². The van der Waals surface area contributed by atoms with Gasteiger partial charge in [-0.3, -0.25) is 0 Å². The number of hydrogen-bond donors (Lipinski definition) is 1. The van der Waals surface area contributed by atoms with Crippen molar-refractivity contribution in [3.8, 4) is 0 Å². The van der Waals surface area contributed by atoms with Gasteiger partial charge in [-0.05, 0) is 17.6 Å². The van der Waals surface area contributed by atoms with Crippen LogP contribution in [0.5, 0.6) is 0 Å². The van der Waals surface area contributed by atoms with Crippen LogP contribution in [-0.2, 0) is 9.47 Å². The zero-order valence-electron chi connectivity index (χ0n) is 11.3. The number of nitrogens with one attached hydrogen (secondary N) is 1. The van der Waals surface area contributed by atoms with Crippen LogP contribution >= 0.6 is 11.8 Å². The summed E-state index contributed by atoms with van der Waals surface area (Å²) >= 11 is 2.06. The van der Waals surface area contributed by atoms with E-state index in [-0.39, 0.29) is 5.60 Å². The van der Waals surface area contributed by atoms with Crippen LogP contribution in [0.15, 0.2) is 0 Å². The zero-order chi connectivity index (χ0) is 12.4. The molecule has 0 amide bonds. The summed E-state index contributed by atoms with van der Waals surface area (Å²) in [5, 5.41) is 3.72. The van der Waals surface area contributed by atoms with Gasteiger partial charge in [-0.2, -0.15) is 11.8 Å². The lowest BCUT2D eigenvalue weighted by atomic mass is 9.82. The minimum Gasteiger partial charge on any atom is -0.378 e. The Labute approximate surface area is 109 Å². The van der Waals surface area contributed by atoms with E-state index in [1.54, 1.807) is 7.11 Å². The molecule has 0 radical (unpaired) electrons. The van der Waals surface area contributed by atoms with Crippen molar-refractivity contribution in [1.82, 2.24) is 5.32 Å². The SMILES string of the molecule is COC1(CNC2CSCCC2(C)C)CCOC1. The Balaban J connectivity index is 1.88. The number of hydrogen-bond acceptors (Lipinski definition) is 4. The molecule has 2 saturated heterocycles. The first-order valence-corrected chi connectivity index (χ1v) is 7.68. The quantitative estimate of drug-likeness (QED) is 0.835. The normalized spacial score (nSPS) is 37.2. The Hall–Kier alpha value is 0.230. The average Bonchev–Trinajstić information content (AvgIpc) is 2.76. The van der Waals surface area contributed by atoms with E-state index in [9.17, 15) is 0 Å². The molecule has 1 N–H and O–H groups in total. The number of methoxy groups -OCH3 is 1. The minimum atomic E-state index is -0.0851. The summed E-state index contributed by atoms with van der Waals surface area (Å²) in [6, 6.07) is 0.592. The smallest absolute Gasteiger partial charge is 0.106 e. The molecular formula is C13H25NO2S. The van der Waals surface area contributed by atoms with Crippen LogP contribution in [0.3, 0.4) is 0 Å². The van der Waals surface area contributed by atoms with E-state index in [4.69, 9.17) is 9.47 Å². The molecule has 0 spiro atoms. The average molecular weight is 259 g/mol. The molecular weight excluding hydrogens is 234 g/mol. The van der Waals surface area contributed by atoms with Crippen molar-refractivity contribution in [1.29, 1.82) is 0 Å². The van der Waals surface area contributed by atoms with E-state index < -0.39 is 0 Å². The fraction of sp³-hybridized carbons (Fsp3) is 1.00. The van der Waals surface area contributed by atoms with Crippen molar-refractivity contribution >= 4 is 11.8 Å². The van der Waals surface area contributed by atoms with Crippen LogP contribution in [0.4, 0.5) is 0 Å².